The van der Waals surface area contributed by atoms with Gasteiger partial charge < -0.3 is 0 Å². The topological polar surface area (TPSA) is 0 Å². The molecule has 0 nitrogen and oxygen atoms in total. The first-order valence-electron chi connectivity index (χ1n) is 4.28. The summed E-state index contributed by atoms with van der Waals surface area (Å²) >= 11 is 17.6. The van der Waals surface area contributed by atoms with E-state index in [4.69, 9.17) is 34.8 Å². The van der Waals surface area contributed by atoms with Gasteiger partial charge in [-0.1, -0.05) is 48.1 Å². The van der Waals surface area contributed by atoms with Gasteiger partial charge in [0.25, 0.3) is 0 Å². The lowest BCUT2D eigenvalue weighted by Gasteiger charge is -2.04. The molecule has 1 rings (SSSR count). The van der Waals surface area contributed by atoms with E-state index in [2.05, 4.69) is 6.92 Å². The second kappa shape index (κ2) is 5.09. The van der Waals surface area contributed by atoms with Gasteiger partial charge in [0.2, 0.25) is 0 Å². The van der Waals surface area contributed by atoms with Gasteiger partial charge in [-0.25, -0.2) is 0 Å². The molecule has 13 heavy (non-hydrogen) atoms. The predicted molar refractivity (Wildman–Crippen MR) is 60.1 cm³/mol. The molecule has 0 aliphatic heterocycles. The second-order valence-electron chi connectivity index (χ2n) is 2.98. The van der Waals surface area contributed by atoms with Crippen molar-refractivity contribution >= 4 is 34.8 Å². The smallest absolute Gasteiger partial charge is 0.0778 e. The third kappa shape index (κ3) is 3.05. The van der Waals surface area contributed by atoms with Crippen LogP contribution in [0.3, 0.4) is 0 Å². The fourth-order valence-corrected chi connectivity index (χ4v) is 1.77. The van der Waals surface area contributed by atoms with Crippen molar-refractivity contribution in [2.45, 2.75) is 26.2 Å². The van der Waals surface area contributed by atoms with Gasteiger partial charge in [0.05, 0.1) is 15.1 Å². The van der Waals surface area contributed by atoms with Crippen molar-refractivity contribution in [1.29, 1.82) is 0 Å². The van der Waals surface area contributed by atoms with E-state index in [-0.39, 0.29) is 0 Å². The number of hydrogen-bond donors (Lipinski definition) is 0. The van der Waals surface area contributed by atoms with Gasteiger partial charge in [-0.05, 0) is 30.5 Å². The minimum absolute atomic E-state index is 0.448. The minimum atomic E-state index is 0.448. The summed E-state index contributed by atoms with van der Waals surface area (Å²) in [6, 6.07) is 3.76. The molecule has 0 spiro atoms. The highest BCUT2D eigenvalue weighted by Gasteiger charge is 2.05. The molecule has 0 N–H and O–H groups in total. The van der Waals surface area contributed by atoms with Crippen LogP contribution in [0.2, 0.25) is 15.1 Å². The highest BCUT2D eigenvalue weighted by molar-refractivity contribution is 6.48. The molecule has 0 aromatic heterocycles. The zero-order chi connectivity index (χ0) is 9.84. The maximum Gasteiger partial charge on any atom is 0.0778 e. The minimum Gasteiger partial charge on any atom is -0.0826 e. The molecule has 0 saturated heterocycles. The molecule has 0 heterocycles. The molecule has 0 atom stereocenters. The fraction of sp³-hybridized carbons (Fsp3) is 0.400. The van der Waals surface area contributed by atoms with Crippen molar-refractivity contribution in [2.24, 2.45) is 0 Å². The lowest BCUT2D eigenvalue weighted by atomic mass is 10.1. The maximum atomic E-state index is 5.88. The average Bonchev–Trinajstić information content (AvgIpc) is 2.10. The summed E-state index contributed by atoms with van der Waals surface area (Å²) in [7, 11) is 0. The van der Waals surface area contributed by atoms with Crippen molar-refractivity contribution in [2.75, 3.05) is 0 Å². The lowest BCUT2D eigenvalue weighted by molar-refractivity contribution is 0.795. The SMILES string of the molecule is CCCCc1cc(Cl)c(Cl)c(Cl)c1. The van der Waals surface area contributed by atoms with Gasteiger partial charge in [0.1, 0.15) is 0 Å². The van der Waals surface area contributed by atoms with Crippen molar-refractivity contribution in [3.05, 3.63) is 32.8 Å². The van der Waals surface area contributed by atoms with Crippen LogP contribution < -0.4 is 0 Å². The van der Waals surface area contributed by atoms with E-state index in [9.17, 15) is 0 Å². The number of benzene rings is 1. The van der Waals surface area contributed by atoms with Crippen LogP contribution in [-0.4, -0.2) is 0 Å². The summed E-state index contributed by atoms with van der Waals surface area (Å²) in [5.41, 5.74) is 1.15. The van der Waals surface area contributed by atoms with E-state index in [1.54, 1.807) is 0 Å². The van der Waals surface area contributed by atoms with Gasteiger partial charge in [-0.15, -0.1) is 0 Å². The van der Waals surface area contributed by atoms with Gasteiger partial charge in [-0.2, -0.15) is 0 Å². The number of unbranched alkanes of at least 4 members (excludes halogenated alkanes) is 1. The van der Waals surface area contributed by atoms with Gasteiger partial charge >= 0.3 is 0 Å². The van der Waals surface area contributed by atoms with Crippen LogP contribution in [0.4, 0.5) is 0 Å². The zero-order valence-corrected chi connectivity index (χ0v) is 9.68. The second-order valence-corrected chi connectivity index (χ2v) is 4.17. The third-order valence-electron chi connectivity index (χ3n) is 1.86. The summed E-state index contributed by atoms with van der Waals surface area (Å²) in [4.78, 5) is 0. The Morgan fingerprint density at radius 2 is 1.62 bits per heavy atom. The largest absolute Gasteiger partial charge is 0.0826 e. The van der Waals surface area contributed by atoms with Crippen LogP contribution >= 0.6 is 34.8 Å². The molecule has 0 saturated carbocycles. The monoisotopic (exact) mass is 236 g/mol. The summed E-state index contributed by atoms with van der Waals surface area (Å²) in [5.74, 6) is 0. The first kappa shape index (κ1) is 11.2. The molecule has 1 aromatic rings. The van der Waals surface area contributed by atoms with E-state index in [0.29, 0.717) is 15.1 Å². The fourth-order valence-electron chi connectivity index (χ4n) is 1.13. The molecular formula is C10H11Cl3. The van der Waals surface area contributed by atoms with E-state index in [0.717, 1.165) is 24.8 Å². The molecule has 0 fully saturated rings. The van der Waals surface area contributed by atoms with Crippen LogP contribution in [0.25, 0.3) is 0 Å². The quantitative estimate of drug-likeness (QED) is 0.650. The number of rotatable bonds is 3. The van der Waals surface area contributed by atoms with Crippen molar-refractivity contribution in [1.82, 2.24) is 0 Å². The Balaban J connectivity index is 2.86. The summed E-state index contributed by atoms with van der Waals surface area (Å²) in [6.07, 6.45) is 3.32. The van der Waals surface area contributed by atoms with Gasteiger partial charge in [0, 0.05) is 0 Å². The molecule has 0 aliphatic rings. The molecule has 0 radical (unpaired) electrons. The van der Waals surface area contributed by atoms with Crippen LogP contribution in [-0.2, 0) is 6.42 Å². The number of halogens is 3. The predicted octanol–water partition coefficient (Wildman–Crippen LogP) is 4.99. The van der Waals surface area contributed by atoms with Gasteiger partial charge in [-0.3, -0.25) is 0 Å². The van der Waals surface area contributed by atoms with Crippen LogP contribution in [0.15, 0.2) is 12.1 Å². The normalized spacial score (nSPS) is 10.5. The molecule has 0 amide bonds. The third-order valence-corrected chi connectivity index (χ3v) is 3.06. The molecule has 0 unspecified atom stereocenters. The first-order valence-corrected chi connectivity index (χ1v) is 5.42. The Labute approximate surface area is 93.8 Å². The molecular weight excluding hydrogens is 226 g/mol. The zero-order valence-electron chi connectivity index (χ0n) is 7.41. The van der Waals surface area contributed by atoms with E-state index in [1.807, 2.05) is 12.1 Å². The Morgan fingerprint density at radius 3 is 2.08 bits per heavy atom. The van der Waals surface area contributed by atoms with E-state index in [1.165, 1.54) is 0 Å². The van der Waals surface area contributed by atoms with Crippen LogP contribution in [0.1, 0.15) is 25.3 Å². The van der Waals surface area contributed by atoms with Crippen molar-refractivity contribution in [3.63, 3.8) is 0 Å². The number of aryl methyl sites for hydroxylation is 1. The standard InChI is InChI=1S/C10H11Cl3/c1-2-3-4-7-5-8(11)10(13)9(12)6-7/h5-6H,2-4H2,1H3. The summed E-state index contributed by atoms with van der Waals surface area (Å²) in [6.45, 7) is 2.15. The molecule has 1 aromatic carbocycles. The van der Waals surface area contributed by atoms with Crippen molar-refractivity contribution < 1.29 is 0 Å². The number of hydrogen-bond acceptors (Lipinski definition) is 0. The molecule has 3 heteroatoms. The average molecular weight is 238 g/mol. The molecule has 72 valence electrons. The van der Waals surface area contributed by atoms with Gasteiger partial charge in [0.15, 0.2) is 0 Å². The van der Waals surface area contributed by atoms with Crippen LogP contribution in [0, 0.1) is 0 Å². The molecule has 0 aliphatic carbocycles. The Bertz CT molecular complexity index is 271. The first-order chi connectivity index (χ1) is 6.15. The lowest BCUT2D eigenvalue weighted by Crippen LogP contribution is -1.85. The maximum absolute atomic E-state index is 5.88. The van der Waals surface area contributed by atoms with Crippen LogP contribution in [0.5, 0.6) is 0 Å². The Kier molecular flexibility index (Phi) is 4.37. The highest BCUT2D eigenvalue weighted by Crippen LogP contribution is 2.31. The Hall–Kier alpha value is 0.0900. The molecule has 0 bridgehead atoms. The van der Waals surface area contributed by atoms with E-state index < -0.39 is 0 Å². The summed E-state index contributed by atoms with van der Waals surface area (Å²) in [5, 5.41) is 1.53. The van der Waals surface area contributed by atoms with Crippen molar-refractivity contribution in [3.8, 4) is 0 Å². The van der Waals surface area contributed by atoms with E-state index >= 15 is 0 Å². The highest BCUT2D eigenvalue weighted by atomic mass is 35.5. The summed E-state index contributed by atoms with van der Waals surface area (Å²) < 4.78 is 0. The Morgan fingerprint density at radius 1 is 1.08 bits per heavy atom.